The molecule has 0 amide bonds. The highest BCUT2D eigenvalue weighted by molar-refractivity contribution is 7.99. The number of ether oxygens (including phenoxy) is 1. The molecule has 3 aromatic rings. The molecule has 2 fully saturated rings. The number of nitrogens with zero attached hydrogens (tertiary/aromatic N) is 2. The Morgan fingerprint density at radius 2 is 2.00 bits per heavy atom. The summed E-state index contributed by atoms with van der Waals surface area (Å²) in [6.45, 7) is 3.64. The lowest BCUT2D eigenvalue weighted by Gasteiger charge is -2.36. The highest BCUT2D eigenvalue weighted by Gasteiger charge is 2.34. The minimum atomic E-state index is -1.21. The van der Waals surface area contributed by atoms with Gasteiger partial charge < -0.3 is 25.2 Å². The van der Waals surface area contributed by atoms with Crippen LogP contribution in [0.4, 0.5) is 8.78 Å². The van der Waals surface area contributed by atoms with Crippen molar-refractivity contribution in [2.24, 2.45) is 17.8 Å². The fourth-order valence-electron chi connectivity index (χ4n) is 6.11. The van der Waals surface area contributed by atoms with Crippen molar-refractivity contribution in [2.75, 3.05) is 45.6 Å². The van der Waals surface area contributed by atoms with Gasteiger partial charge in [0, 0.05) is 34.6 Å². The molecular weight excluding hydrogens is 636 g/mol. The zero-order valence-electron chi connectivity index (χ0n) is 26.0. The van der Waals surface area contributed by atoms with E-state index in [-0.39, 0.29) is 24.1 Å². The molecule has 0 bridgehead atoms. The number of thioether (sulfide) groups is 1. The topological polar surface area (TPSA) is 112 Å². The molecule has 250 valence electrons. The molecule has 3 heterocycles. The van der Waals surface area contributed by atoms with Gasteiger partial charge in [-0.2, -0.15) is 0 Å². The molecule has 2 aliphatic heterocycles. The number of fused-ring (bicyclic) bond motifs is 1. The van der Waals surface area contributed by atoms with Gasteiger partial charge in [-0.25, -0.2) is 8.78 Å². The van der Waals surface area contributed by atoms with Crippen LogP contribution < -0.4 is 10.1 Å². The number of piperidine rings is 2. The second-order valence-corrected chi connectivity index (χ2v) is 13.4. The van der Waals surface area contributed by atoms with Gasteiger partial charge in [0.15, 0.2) is 0 Å². The average Bonchev–Trinajstić information content (AvgIpc) is 3.05. The number of carbonyl (C=O) groups is 2. The van der Waals surface area contributed by atoms with Gasteiger partial charge in [-0.1, -0.05) is 11.6 Å². The first-order valence-electron chi connectivity index (χ1n) is 15.7. The first-order valence-corrected chi connectivity index (χ1v) is 17.0. The summed E-state index contributed by atoms with van der Waals surface area (Å²) in [5.74, 6) is -1.15. The third-order valence-corrected chi connectivity index (χ3v) is 9.92. The average molecular weight is 678 g/mol. The minimum Gasteiger partial charge on any atom is -0.497 e. The molecule has 1 aromatic heterocycles. The van der Waals surface area contributed by atoms with E-state index in [1.165, 1.54) is 23.9 Å². The number of aliphatic carboxylic acids is 2. The standard InChI is InChI=1S/C28H31ClF2N2O3S.C6H11NO2/c1-36-21-4-6-27-24(16-21)23(7-9-32-27)26(31)5-3-18-8-11-33(17-25(18)28(34)35)10-2-12-37-22-14-19(29)13-20(30)15-22;8-6(9)5-2-1-3-7-4-5/h4,6-7,9,13-16,18,25-26H,2-3,5,8,10-12,17H2,1H3,(H,34,35);5,7H,1-4H2,(H,8,9)/t18-,25+,26?;/m1./s1. The Balaban J connectivity index is 0.000000459. The van der Waals surface area contributed by atoms with E-state index in [0.29, 0.717) is 41.4 Å². The van der Waals surface area contributed by atoms with Crippen molar-refractivity contribution in [3.63, 3.8) is 0 Å². The maximum absolute atomic E-state index is 15.4. The number of halogens is 3. The lowest BCUT2D eigenvalue weighted by molar-refractivity contribution is -0.146. The third kappa shape index (κ3) is 10.5. The van der Waals surface area contributed by atoms with Gasteiger partial charge in [0.05, 0.1) is 24.5 Å². The van der Waals surface area contributed by atoms with Crippen LogP contribution in [-0.2, 0) is 9.59 Å². The Hall–Kier alpha value is -2.99. The number of rotatable bonds is 12. The summed E-state index contributed by atoms with van der Waals surface area (Å²) in [7, 11) is 1.57. The first-order chi connectivity index (χ1) is 22.1. The molecule has 0 aliphatic carbocycles. The van der Waals surface area contributed by atoms with Gasteiger partial charge in [0.2, 0.25) is 0 Å². The van der Waals surface area contributed by atoms with Crippen molar-refractivity contribution < 1.29 is 33.3 Å². The van der Waals surface area contributed by atoms with E-state index in [9.17, 15) is 19.1 Å². The molecular formula is C34H42ClF2N3O5S. The molecule has 3 N–H and O–H groups in total. The zero-order chi connectivity index (χ0) is 33.1. The van der Waals surface area contributed by atoms with Crippen LogP contribution in [-0.4, -0.2) is 77.6 Å². The van der Waals surface area contributed by atoms with E-state index in [1.807, 2.05) is 6.07 Å². The lowest BCUT2D eigenvalue weighted by atomic mass is 9.81. The molecule has 46 heavy (non-hydrogen) atoms. The van der Waals surface area contributed by atoms with E-state index in [4.69, 9.17) is 21.4 Å². The highest BCUT2D eigenvalue weighted by Crippen LogP contribution is 2.35. The molecule has 0 radical (unpaired) electrons. The Kier molecular flexibility index (Phi) is 13.9. The van der Waals surface area contributed by atoms with Gasteiger partial charge in [0.1, 0.15) is 17.7 Å². The fourth-order valence-corrected chi connectivity index (χ4v) is 7.31. The summed E-state index contributed by atoms with van der Waals surface area (Å²) in [5.41, 5.74) is 1.27. The van der Waals surface area contributed by atoms with E-state index < -0.39 is 24.0 Å². The largest absolute Gasteiger partial charge is 0.497 e. The number of carboxylic acids is 2. The summed E-state index contributed by atoms with van der Waals surface area (Å²) in [4.78, 5) is 29.6. The van der Waals surface area contributed by atoms with Crippen LogP contribution in [0, 0.1) is 23.6 Å². The van der Waals surface area contributed by atoms with Gasteiger partial charge in [-0.15, -0.1) is 11.8 Å². The second-order valence-electron chi connectivity index (χ2n) is 11.8. The van der Waals surface area contributed by atoms with Gasteiger partial charge in [-0.3, -0.25) is 14.6 Å². The Bertz CT molecular complexity index is 1440. The van der Waals surface area contributed by atoms with E-state index in [0.717, 1.165) is 61.4 Å². The summed E-state index contributed by atoms with van der Waals surface area (Å²) in [6.07, 6.45) is 4.57. The highest BCUT2D eigenvalue weighted by atomic mass is 35.5. The number of hydrogen-bond acceptors (Lipinski definition) is 7. The molecule has 12 heteroatoms. The number of carboxylic acid groups (broad SMARTS) is 2. The molecule has 2 aliphatic rings. The van der Waals surface area contributed by atoms with Crippen LogP contribution >= 0.6 is 23.4 Å². The van der Waals surface area contributed by atoms with Crippen LogP contribution in [0.15, 0.2) is 53.6 Å². The molecule has 8 nitrogen and oxygen atoms in total. The number of aromatic nitrogens is 1. The summed E-state index contributed by atoms with van der Waals surface area (Å²) in [5, 5.41) is 22.5. The number of hydrogen-bond donors (Lipinski definition) is 3. The second kappa shape index (κ2) is 17.8. The zero-order valence-corrected chi connectivity index (χ0v) is 27.5. The van der Waals surface area contributed by atoms with E-state index in [1.54, 1.807) is 37.6 Å². The minimum absolute atomic E-state index is 0.0709. The molecule has 0 saturated carbocycles. The van der Waals surface area contributed by atoms with Crippen LogP contribution in [0.25, 0.3) is 10.9 Å². The van der Waals surface area contributed by atoms with Gasteiger partial charge >= 0.3 is 11.9 Å². The quantitative estimate of drug-likeness (QED) is 0.136. The van der Waals surface area contributed by atoms with Crippen molar-refractivity contribution in [3.8, 4) is 5.75 Å². The Morgan fingerprint density at radius 1 is 1.17 bits per heavy atom. The first kappa shape index (κ1) is 35.9. The van der Waals surface area contributed by atoms with Crippen molar-refractivity contribution >= 4 is 46.2 Å². The number of alkyl halides is 1. The van der Waals surface area contributed by atoms with Gasteiger partial charge in [0.25, 0.3) is 0 Å². The predicted molar refractivity (Wildman–Crippen MR) is 177 cm³/mol. The molecule has 4 atom stereocenters. The van der Waals surface area contributed by atoms with Crippen molar-refractivity contribution in [2.45, 2.75) is 49.6 Å². The lowest BCUT2D eigenvalue weighted by Crippen LogP contribution is -2.44. The monoisotopic (exact) mass is 677 g/mol. The van der Waals surface area contributed by atoms with Crippen LogP contribution in [0.5, 0.6) is 5.75 Å². The Labute approximate surface area is 277 Å². The third-order valence-electron chi connectivity index (χ3n) is 8.64. The molecule has 0 spiro atoms. The van der Waals surface area contributed by atoms with Crippen LogP contribution in [0.3, 0.4) is 0 Å². The Morgan fingerprint density at radius 3 is 2.67 bits per heavy atom. The summed E-state index contributed by atoms with van der Waals surface area (Å²) in [6, 6.07) is 11.6. The SMILES string of the molecule is COc1ccc2nccc(C(F)CC[C@@H]3CCN(CCCSc4cc(F)cc(Cl)c4)C[C@@H]3C(=O)O)c2c1.O=C(O)C1CCCNC1. The molecule has 2 saturated heterocycles. The molecule has 2 aromatic carbocycles. The fraction of sp³-hybridized carbons (Fsp3) is 0.500. The summed E-state index contributed by atoms with van der Waals surface area (Å²) < 4.78 is 34.2. The van der Waals surface area contributed by atoms with Gasteiger partial charge in [-0.05, 0) is 118 Å². The number of methoxy groups -OCH3 is 1. The smallest absolute Gasteiger partial charge is 0.308 e. The number of pyridine rings is 1. The molecule has 5 rings (SSSR count). The van der Waals surface area contributed by atoms with Crippen molar-refractivity contribution in [1.29, 1.82) is 0 Å². The summed E-state index contributed by atoms with van der Waals surface area (Å²) >= 11 is 7.45. The van der Waals surface area contributed by atoms with Crippen LogP contribution in [0.1, 0.15) is 50.3 Å². The maximum Gasteiger partial charge on any atom is 0.308 e. The van der Waals surface area contributed by atoms with Crippen molar-refractivity contribution in [1.82, 2.24) is 15.2 Å². The number of benzene rings is 2. The number of likely N-dealkylation sites (tertiary alicyclic amines) is 1. The molecule has 2 unspecified atom stereocenters. The predicted octanol–water partition coefficient (Wildman–Crippen LogP) is 7.10. The maximum atomic E-state index is 15.4. The van der Waals surface area contributed by atoms with Crippen LogP contribution in [0.2, 0.25) is 5.02 Å². The normalized spacial score (nSPS) is 20.8. The van der Waals surface area contributed by atoms with Crippen molar-refractivity contribution in [3.05, 3.63) is 65.1 Å². The number of nitrogens with one attached hydrogen (secondary N) is 1. The van der Waals surface area contributed by atoms with E-state index in [2.05, 4.69) is 15.2 Å². The van der Waals surface area contributed by atoms with E-state index >= 15 is 4.39 Å².